The maximum absolute atomic E-state index is 11.6. The van der Waals surface area contributed by atoms with E-state index >= 15 is 0 Å². The molecule has 1 fully saturated rings. The van der Waals surface area contributed by atoms with Crippen LogP contribution in [0.25, 0.3) is 0 Å². The second-order valence-corrected chi connectivity index (χ2v) is 5.64. The summed E-state index contributed by atoms with van der Waals surface area (Å²) in [7, 11) is 0. The lowest BCUT2D eigenvalue weighted by atomic mass is 9.81. The molecular weight excluding hydrogens is 224 g/mol. The molecule has 0 aromatic rings. The fraction of sp³-hybridized carbons (Fsp3) is 0.800. The van der Waals surface area contributed by atoms with Gasteiger partial charge in [0.2, 0.25) is 5.91 Å². The van der Waals surface area contributed by atoms with Gasteiger partial charge in [0, 0.05) is 6.54 Å². The van der Waals surface area contributed by atoms with Crippen molar-refractivity contribution in [3.8, 4) is 0 Å². The molecule has 18 heavy (non-hydrogen) atoms. The maximum Gasteiger partial charge on any atom is 0.237 e. The summed E-state index contributed by atoms with van der Waals surface area (Å²) in [5, 5.41) is 6.12. The van der Waals surface area contributed by atoms with Crippen LogP contribution in [0.3, 0.4) is 0 Å². The van der Waals surface area contributed by atoms with E-state index in [0.29, 0.717) is 6.54 Å². The molecule has 0 heterocycles. The zero-order valence-electron chi connectivity index (χ0n) is 11.9. The van der Waals surface area contributed by atoms with Crippen LogP contribution in [0.1, 0.15) is 46.0 Å². The summed E-state index contributed by atoms with van der Waals surface area (Å²) in [6, 6.07) is -0.106. The van der Waals surface area contributed by atoms with Gasteiger partial charge in [-0.2, -0.15) is 0 Å². The van der Waals surface area contributed by atoms with Gasteiger partial charge in [-0.15, -0.1) is 6.58 Å². The van der Waals surface area contributed by atoms with Gasteiger partial charge < -0.3 is 10.6 Å². The Kier molecular flexibility index (Phi) is 7.02. The molecule has 1 amide bonds. The topological polar surface area (TPSA) is 41.1 Å². The number of amides is 1. The van der Waals surface area contributed by atoms with Crippen molar-refractivity contribution in [2.75, 3.05) is 13.1 Å². The number of carbonyl (C=O) groups excluding carboxylic acids is 1. The van der Waals surface area contributed by atoms with Crippen LogP contribution in [0.4, 0.5) is 0 Å². The van der Waals surface area contributed by atoms with E-state index in [9.17, 15) is 4.79 Å². The van der Waals surface area contributed by atoms with E-state index in [-0.39, 0.29) is 11.9 Å². The third-order valence-corrected chi connectivity index (χ3v) is 3.86. The standard InChI is InChI=1S/C15H28N2O/c1-4-9-17-15(18)13(3)16-10-8-14-7-5-6-12(2)11-14/h4,12-14,16H,1,5-11H2,2-3H3,(H,17,18). The first-order valence-corrected chi connectivity index (χ1v) is 7.25. The number of rotatable bonds is 7. The molecule has 3 unspecified atom stereocenters. The van der Waals surface area contributed by atoms with Crippen LogP contribution < -0.4 is 10.6 Å². The fourth-order valence-electron chi connectivity index (χ4n) is 2.74. The summed E-state index contributed by atoms with van der Waals surface area (Å²) >= 11 is 0. The molecule has 1 rings (SSSR count). The third kappa shape index (κ3) is 5.67. The van der Waals surface area contributed by atoms with E-state index in [0.717, 1.165) is 18.4 Å². The van der Waals surface area contributed by atoms with Crippen LogP contribution in [-0.2, 0) is 4.79 Å². The lowest BCUT2D eigenvalue weighted by Crippen LogP contribution is -2.42. The number of hydrogen-bond acceptors (Lipinski definition) is 2. The molecule has 3 nitrogen and oxygen atoms in total. The van der Waals surface area contributed by atoms with Gasteiger partial charge in [-0.1, -0.05) is 32.3 Å². The van der Waals surface area contributed by atoms with Crippen LogP contribution in [0, 0.1) is 11.8 Å². The van der Waals surface area contributed by atoms with Crippen molar-refractivity contribution in [3.05, 3.63) is 12.7 Å². The quantitative estimate of drug-likeness (QED) is 0.684. The zero-order valence-corrected chi connectivity index (χ0v) is 11.9. The predicted octanol–water partition coefficient (Wildman–Crippen LogP) is 2.48. The van der Waals surface area contributed by atoms with E-state index in [2.05, 4.69) is 24.1 Å². The Morgan fingerprint density at radius 2 is 2.28 bits per heavy atom. The van der Waals surface area contributed by atoms with Crippen LogP contribution in [0.15, 0.2) is 12.7 Å². The van der Waals surface area contributed by atoms with Gasteiger partial charge in [0.15, 0.2) is 0 Å². The van der Waals surface area contributed by atoms with Crippen molar-refractivity contribution in [1.82, 2.24) is 10.6 Å². The lowest BCUT2D eigenvalue weighted by Gasteiger charge is -2.27. The minimum atomic E-state index is -0.106. The molecule has 0 spiro atoms. The van der Waals surface area contributed by atoms with E-state index in [1.165, 1.54) is 32.1 Å². The molecule has 3 heteroatoms. The van der Waals surface area contributed by atoms with Crippen molar-refractivity contribution >= 4 is 5.91 Å². The normalized spacial score (nSPS) is 25.4. The summed E-state index contributed by atoms with van der Waals surface area (Å²) in [6.45, 7) is 9.35. The highest BCUT2D eigenvalue weighted by atomic mass is 16.2. The summed E-state index contributed by atoms with van der Waals surface area (Å²) in [5.41, 5.74) is 0. The van der Waals surface area contributed by atoms with Crippen molar-refractivity contribution in [2.45, 2.75) is 52.0 Å². The van der Waals surface area contributed by atoms with E-state index in [1.54, 1.807) is 6.08 Å². The van der Waals surface area contributed by atoms with Gasteiger partial charge in [0.05, 0.1) is 6.04 Å². The average molecular weight is 252 g/mol. The first-order chi connectivity index (χ1) is 8.63. The Balaban J connectivity index is 2.12. The van der Waals surface area contributed by atoms with Gasteiger partial charge in [0.1, 0.15) is 0 Å². The van der Waals surface area contributed by atoms with Crippen LogP contribution in [0.2, 0.25) is 0 Å². The molecular formula is C15H28N2O. The van der Waals surface area contributed by atoms with Gasteiger partial charge in [-0.05, 0) is 38.1 Å². The minimum Gasteiger partial charge on any atom is -0.351 e. The minimum absolute atomic E-state index is 0.0620. The van der Waals surface area contributed by atoms with Crippen LogP contribution >= 0.6 is 0 Å². The summed E-state index contributed by atoms with van der Waals surface area (Å²) in [4.78, 5) is 11.6. The molecule has 0 radical (unpaired) electrons. The number of hydrogen-bond donors (Lipinski definition) is 2. The molecule has 0 bridgehead atoms. The molecule has 1 aliphatic carbocycles. The molecule has 104 valence electrons. The molecule has 3 atom stereocenters. The van der Waals surface area contributed by atoms with Crippen molar-refractivity contribution in [2.24, 2.45) is 11.8 Å². The first kappa shape index (κ1) is 15.2. The van der Waals surface area contributed by atoms with Gasteiger partial charge in [-0.3, -0.25) is 4.79 Å². The zero-order chi connectivity index (χ0) is 13.4. The Morgan fingerprint density at radius 1 is 1.50 bits per heavy atom. The smallest absolute Gasteiger partial charge is 0.237 e. The SMILES string of the molecule is C=CCNC(=O)C(C)NCCC1CCCC(C)C1. The second-order valence-electron chi connectivity index (χ2n) is 5.64. The first-order valence-electron chi connectivity index (χ1n) is 7.25. The van der Waals surface area contributed by atoms with Crippen molar-refractivity contribution < 1.29 is 4.79 Å². The molecule has 1 aliphatic rings. The van der Waals surface area contributed by atoms with Gasteiger partial charge in [0.25, 0.3) is 0 Å². The van der Waals surface area contributed by atoms with E-state index in [4.69, 9.17) is 0 Å². The van der Waals surface area contributed by atoms with Gasteiger partial charge in [-0.25, -0.2) is 0 Å². The van der Waals surface area contributed by atoms with Crippen LogP contribution in [0.5, 0.6) is 0 Å². The highest BCUT2D eigenvalue weighted by molar-refractivity contribution is 5.81. The molecule has 0 aromatic carbocycles. The third-order valence-electron chi connectivity index (χ3n) is 3.86. The highest BCUT2D eigenvalue weighted by Crippen LogP contribution is 2.30. The summed E-state index contributed by atoms with van der Waals surface area (Å²) in [6.07, 6.45) is 8.39. The van der Waals surface area contributed by atoms with Crippen molar-refractivity contribution in [3.63, 3.8) is 0 Å². The molecule has 2 N–H and O–H groups in total. The van der Waals surface area contributed by atoms with Crippen LogP contribution in [-0.4, -0.2) is 25.0 Å². The largest absolute Gasteiger partial charge is 0.351 e. The maximum atomic E-state index is 11.6. The molecule has 0 aromatic heterocycles. The Hall–Kier alpha value is -0.830. The lowest BCUT2D eigenvalue weighted by molar-refractivity contribution is -0.122. The molecule has 0 aliphatic heterocycles. The summed E-state index contributed by atoms with van der Waals surface area (Å²) < 4.78 is 0. The number of nitrogens with one attached hydrogen (secondary N) is 2. The highest BCUT2D eigenvalue weighted by Gasteiger charge is 2.19. The van der Waals surface area contributed by atoms with E-state index < -0.39 is 0 Å². The summed E-state index contributed by atoms with van der Waals surface area (Å²) in [5.74, 6) is 1.80. The monoisotopic (exact) mass is 252 g/mol. The van der Waals surface area contributed by atoms with E-state index in [1.807, 2.05) is 6.92 Å². The predicted molar refractivity (Wildman–Crippen MR) is 76.4 cm³/mol. The average Bonchev–Trinajstić information content (AvgIpc) is 2.35. The van der Waals surface area contributed by atoms with Gasteiger partial charge >= 0.3 is 0 Å². The molecule has 1 saturated carbocycles. The fourth-order valence-corrected chi connectivity index (χ4v) is 2.74. The Morgan fingerprint density at radius 3 is 2.94 bits per heavy atom. The number of carbonyl (C=O) groups is 1. The second kappa shape index (κ2) is 8.30. The Bertz CT molecular complexity index is 265. The molecule has 0 saturated heterocycles. The Labute approximate surface area is 111 Å². The van der Waals surface area contributed by atoms with Crippen molar-refractivity contribution in [1.29, 1.82) is 0 Å².